The van der Waals surface area contributed by atoms with Crippen LogP contribution >= 0.6 is 0 Å². The van der Waals surface area contributed by atoms with Gasteiger partial charge in [-0.05, 0) is 49.1 Å². The Hall–Kier alpha value is -2.01. The number of unbranched alkanes of at least 4 members (excludes halogenated alkanes) is 11. The Bertz CT molecular complexity index is 752. The van der Waals surface area contributed by atoms with Crippen LogP contribution in [0.15, 0.2) is 36.7 Å². The van der Waals surface area contributed by atoms with Gasteiger partial charge in [0.1, 0.15) is 12.4 Å². The van der Waals surface area contributed by atoms with E-state index < -0.39 is 6.17 Å². The zero-order valence-electron chi connectivity index (χ0n) is 22.2. The number of ether oxygens (including phenoxy) is 2. The summed E-state index contributed by atoms with van der Waals surface area (Å²) in [5, 5.41) is 0. The lowest BCUT2D eigenvalue weighted by atomic mass is 10.0. The topological polar surface area (TPSA) is 44.2 Å². The number of halogens is 1. The summed E-state index contributed by atoms with van der Waals surface area (Å²) in [6, 6.07) is 7.51. The molecule has 0 aliphatic heterocycles. The first-order valence-corrected chi connectivity index (χ1v) is 14.0. The van der Waals surface area contributed by atoms with Gasteiger partial charge in [-0.1, -0.05) is 84.5 Å². The van der Waals surface area contributed by atoms with E-state index in [2.05, 4.69) is 23.8 Å². The SMILES string of the molecule is CCCCCCCCCCCCc1cnc(-c2ccc(OCC(F)COCCCCC)cc2)nc1. The van der Waals surface area contributed by atoms with Crippen molar-refractivity contribution in [2.75, 3.05) is 19.8 Å². The minimum Gasteiger partial charge on any atom is -0.490 e. The van der Waals surface area contributed by atoms with Crippen LogP contribution in [0.4, 0.5) is 4.39 Å². The van der Waals surface area contributed by atoms with Crippen molar-refractivity contribution in [1.29, 1.82) is 0 Å². The van der Waals surface area contributed by atoms with Gasteiger partial charge in [0.2, 0.25) is 0 Å². The smallest absolute Gasteiger partial charge is 0.159 e. The maximum atomic E-state index is 13.9. The quantitative estimate of drug-likeness (QED) is 0.166. The zero-order valence-corrected chi connectivity index (χ0v) is 22.2. The van der Waals surface area contributed by atoms with E-state index in [1.807, 2.05) is 36.7 Å². The van der Waals surface area contributed by atoms with Gasteiger partial charge in [0.15, 0.2) is 12.0 Å². The Morgan fingerprint density at radius 2 is 1.29 bits per heavy atom. The summed E-state index contributed by atoms with van der Waals surface area (Å²) in [5.41, 5.74) is 2.12. The number of aromatic nitrogens is 2. The molecule has 4 nitrogen and oxygen atoms in total. The monoisotopic (exact) mass is 486 g/mol. The number of hydrogen-bond acceptors (Lipinski definition) is 4. The van der Waals surface area contributed by atoms with E-state index in [-0.39, 0.29) is 13.2 Å². The lowest BCUT2D eigenvalue weighted by Gasteiger charge is -2.11. The molecule has 0 aliphatic carbocycles. The summed E-state index contributed by atoms with van der Waals surface area (Å²) in [6.07, 6.45) is 20.5. The second-order valence-corrected chi connectivity index (χ2v) is 9.56. The van der Waals surface area contributed by atoms with E-state index in [4.69, 9.17) is 9.47 Å². The van der Waals surface area contributed by atoms with E-state index in [9.17, 15) is 4.39 Å². The van der Waals surface area contributed by atoms with Gasteiger partial charge in [0, 0.05) is 24.6 Å². The van der Waals surface area contributed by atoms with Crippen LogP contribution in [-0.2, 0) is 11.2 Å². The number of rotatable bonds is 21. The van der Waals surface area contributed by atoms with Gasteiger partial charge >= 0.3 is 0 Å². The molecule has 0 spiro atoms. The van der Waals surface area contributed by atoms with Crippen molar-refractivity contribution in [3.63, 3.8) is 0 Å². The summed E-state index contributed by atoms with van der Waals surface area (Å²) >= 11 is 0. The molecule has 0 radical (unpaired) electrons. The van der Waals surface area contributed by atoms with Crippen molar-refractivity contribution >= 4 is 0 Å². The summed E-state index contributed by atoms with van der Waals surface area (Å²) in [5.74, 6) is 1.34. The Labute approximate surface area is 213 Å². The van der Waals surface area contributed by atoms with Crippen LogP contribution in [0.1, 0.15) is 103 Å². The second-order valence-electron chi connectivity index (χ2n) is 9.56. The van der Waals surface area contributed by atoms with E-state index in [0.29, 0.717) is 18.2 Å². The predicted molar refractivity (Wildman–Crippen MR) is 144 cm³/mol. The third-order valence-electron chi connectivity index (χ3n) is 6.26. The largest absolute Gasteiger partial charge is 0.490 e. The maximum Gasteiger partial charge on any atom is 0.159 e. The van der Waals surface area contributed by atoms with Gasteiger partial charge in [-0.3, -0.25) is 0 Å². The molecule has 2 aromatic rings. The fraction of sp³-hybridized carbons (Fsp3) is 0.667. The predicted octanol–water partition coefficient (Wildman–Crippen LogP) is 8.53. The molecular formula is C30H47FN2O2. The Morgan fingerprint density at radius 3 is 1.91 bits per heavy atom. The third kappa shape index (κ3) is 13.6. The number of alkyl halides is 1. The Kier molecular flexibility index (Phi) is 16.0. The summed E-state index contributed by atoms with van der Waals surface area (Å²) in [7, 11) is 0. The van der Waals surface area contributed by atoms with Gasteiger partial charge in [-0.25, -0.2) is 14.4 Å². The maximum absolute atomic E-state index is 13.9. The standard InChI is InChI=1S/C30H47FN2O2/c1-3-5-7-8-9-10-11-12-13-14-16-26-22-32-30(33-23-26)27-17-19-29(20-18-27)35-25-28(31)24-34-21-15-6-4-2/h17-20,22-23,28H,3-16,21,24-25H2,1-2H3. The third-order valence-corrected chi connectivity index (χ3v) is 6.26. The highest BCUT2D eigenvalue weighted by atomic mass is 19.1. The Balaban J connectivity index is 1.60. The van der Waals surface area contributed by atoms with Crippen molar-refractivity contribution in [1.82, 2.24) is 9.97 Å². The number of nitrogens with zero attached hydrogens (tertiary/aromatic N) is 2. The first kappa shape index (κ1) is 29.2. The summed E-state index contributed by atoms with van der Waals surface area (Å²) < 4.78 is 24.9. The minimum atomic E-state index is -1.12. The highest BCUT2D eigenvalue weighted by Gasteiger charge is 2.09. The fourth-order valence-electron chi connectivity index (χ4n) is 4.05. The van der Waals surface area contributed by atoms with Crippen molar-refractivity contribution in [2.45, 2.75) is 110 Å². The molecule has 1 unspecified atom stereocenters. The molecule has 1 aromatic carbocycles. The van der Waals surface area contributed by atoms with E-state index >= 15 is 0 Å². The van der Waals surface area contributed by atoms with Crippen LogP contribution in [0.2, 0.25) is 0 Å². The van der Waals surface area contributed by atoms with Crippen LogP contribution in [0, 0.1) is 0 Å². The average Bonchev–Trinajstić information content (AvgIpc) is 2.89. The first-order chi connectivity index (χ1) is 17.2. The molecule has 0 aliphatic rings. The molecule has 0 fully saturated rings. The molecule has 1 aromatic heterocycles. The zero-order chi connectivity index (χ0) is 25.0. The molecule has 196 valence electrons. The molecule has 1 atom stereocenters. The molecule has 0 bridgehead atoms. The highest BCUT2D eigenvalue weighted by molar-refractivity contribution is 5.55. The van der Waals surface area contributed by atoms with Crippen LogP contribution in [0.5, 0.6) is 5.75 Å². The van der Waals surface area contributed by atoms with Crippen LogP contribution in [0.25, 0.3) is 11.4 Å². The Morgan fingerprint density at radius 1 is 0.714 bits per heavy atom. The molecule has 0 N–H and O–H groups in total. The molecule has 5 heteroatoms. The van der Waals surface area contributed by atoms with Gasteiger partial charge in [-0.2, -0.15) is 0 Å². The van der Waals surface area contributed by atoms with Crippen LogP contribution < -0.4 is 4.74 Å². The van der Waals surface area contributed by atoms with E-state index in [0.717, 1.165) is 31.2 Å². The second kappa shape index (κ2) is 19.2. The molecule has 0 saturated carbocycles. The van der Waals surface area contributed by atoms with Crippen LogP contribution in [0.3, 0.4) is 0 Å². The molecule has 0 saturated heterocycles. The fourth-order valence-corrected chi connectivity index (χ4v) is 4.05. The van der Waals surface area contributed by atoms with Gasteiger partial charge in [0.25, 0.3) is 0 Å². The number of benzene rings is 1. The minimum absolute atomic E-state index is 0.00270. The summed E-state index contributed by atoms with van der Waals surface area (Å²) in [4.78, 5) is 9.09. The van der Waals surface area contributed by atoms with Crippen molar-refractivity contribution in [3.05, 3.63) is 42.2 Å². The lowest BCUT2D eigenvalue weighted by molar-refractivity contribution is 0.0560. The van der Waals surface area contributed by atoms with Crippen molar-refractivity contribution in [3.8, 4) is 17.1 Å². The van der Waals surface area contributed by atoms with Crippen molar-refractivity contribution in [2.24, 2.45) is 0 Å². The molecular weight excluding hydrogens is 439 g/mol. The molecule has 2 rings (SSSR count). The normalized spacial score (nSPS) is 12.1. The number of aryl methyl sites for hydroxylation is 1. The van der Waals surface area contributed by atoms with E-state index in [1.165, 1.54) is 69.8 Å². The van der Waals surface area contributed by atoms with Gasteiger partial charge < -0.3 is 9.47 Å². The van der Waals surface area contributed by atoms with Gasteiger partial charge in [-0.15, -0.1) is 0 Å². The first-order valence-electron chi connectivity index (χ1n) is 14.0. The van der Waals surface area contributed by atoms with Gasteiger partial charge in [0.05, 0.1) is 6.61 Å². The summed E-state index contributed by atoms with van der Waals surface area (Å²) in [6.45, 7) is 5.10. The molecule has 0 amide bonds. The molecule has 35 heavy (non-hydrogen) atoms. The van der Waals surface area contributed by atoms with Crippen LogP contribution in [-0.4, -0.2) is 36.0 Å². The number of hydrogen-bond donors (Lipinski definition) is 0. The lowest BCUT2D eigenvalue weighted by Crippen LogP contribution is -2.19. The molecule has 1 heterocycles. The average molecular weight is 487 g/mol. The van der Waals surface area contributed by atoms with E-state index in [1.54, 1.807) is 0 Å². The highest BCUT2D eigenvalue weighted by Crippen LogP contribution is 2.20. The van der Waals surface area contributed by atoms with Crippen molar-refractivity contribution < 1.29 is 13.9 Å².